The summed E-state index contributed by atoms with van der Waals surface area (Å²) in [5.41, 5.74) is 0.760. The van der Waals surface area contributed by atoms with Crippen LogP contribution in [-0.4, -0.2) is 40.8 Å². The molecule has 1 aromatic carbocycles. The van der Waals surface area contributed by atoms with Crippen LogP contribution in [0.15, 0.2) is 18.2 Å². The maximum atomic E-state index is 11.6. The van der Waals surface area contributed by atoms with E-state index in [0.717, 1.165) is 5.56 Å². The molecule has 0 aliphatic carbocycles. The third-order valence-electron chi connectivity index (χ3n) is 2.56. The van der Waals surface area contributed by atoms with E-state index < -0.39 is 24.0 Å². The molecule has 1 rings (SSSR count). The van der Waals surface area contributed by atoms with Gasteiger partial charge in [-0.3, -0.25) is 4.79 Å². The van der Waals surface area contributed by atoms with E-state index in [1.807, 2.05) is 0 Å². The molecule has 1 amide bonds. The van der Waals surface area contributed by atoms with Crippen molar-refractivity contribution in [3.63, 3.8) is 0 Å². The number of carbonyl (C=O) groups excluding carboxylic acids is 1. The highest BCUT2D eigenvalue weighted by atomic mass is 35.5. The molecule has 6 nitrogen and oxygen atoms in total. The van der Waals surface area contributed by atoms with Crippen LogP contribution in [0.3, 0.4) is 0 Å². The number of aliphatic hydroxyl groups is 1. The molecule has 1 aromatic rings. The lowest BCUT2D eigenvalue weighted by atomic mass is 10.2. The molecule has 0 aliphatic rings. The normalized spacial score (nSPS) is 13.4. The van der Waals surface area contributed by atoms with Crippen molar-refractivity contribution in [2.45, 2.75) is 26.0 Å². The minimum absolute atomic E-state index is 0.348. The van der Waals surface area contributed by atoms with Gasteiger partial charge in [0.05, 0.1) is 6.10 Å². The summed E-state index contributed by atoms with van der Waals surface area (Å²) in [5, 5.41) is 20.8. The van der Waals surface area contributed by atoms with E-state index in [1.165, 1.54) is 6.92 Å². The van der Waals surface area contributed by atoms with Crippen LogP contribution < -0.4 is 10.1 Å². The van der Waals surface area contributed by atoms with Crippen molar-refractivity contribution in [2.24, 2.45) is 0 Å². The monoisotopic (exact) mass is 301 g/mol. The molecule has 0 unspecified atom stereocenters. The molecule has 0 saturated heterocycles. The second kappa shape index (κ2) is 7.12. The molecule has 3 N–H and O–H groups in total. The number of ether oxygens (including phenoxy) is 1. The molecule has 7 heteroatoms. The van der Waals surface area contributed by atoms with E-state index in [1.54, 1.807) is 25.1 Å². The number of halogens is 1. The molecule has 110 valence electrons. The van der Waals surface area contributed by atoms with Crippen molar-refractivity contribution in [1.29, 1.82) is 0 Å². The van der Waals surface area contributed by atoms with Crippen LogP contribution in [0.2, 0.25) is 5.02 Å². The Kier molecular flexibility index (Phi) is 5.79. The molecular weight excluding hydrogens is 286 g/mol. The van der Waals surface area contributed by atoms with Crippen LogP contribution in [0.25, 0.3) is 0 Å². The van der Waals surface area contributed by atoms with Gasteiger partial charge in [0.25, 0.3) is 5.91 Å². The first kappa shape index (κ1) is 16.3. The van der Waals surface area contributed by atoms with E-state index >= 15 is 0 Å². The van der Waals surface area contributed by atoms with Crippen molar-refractivity contribution in [3.8, 4) is 5.75 Å². The third-order valence-corrected chi connectivity index (χ3v) is 2.80. The Morgan fingerprint density at radius 3 is 2.60 bits per heavy atom. The second-order valence-corrected chi connectivity index (χ2v) is 4.76. The number of amides is 1. The van der Waals surface area contributed by atoms with Crippen LogP contribution in [-0.2, 0) is 9.59 Å². The first-order valence-corrected chi connectivity index (χ1v) is 6.28. The number of aliphatic hydroxyl groups excluding tert-OH is 1. The summed E-state index contributed by atoms with van der Waals surface area (Å²) in [6.07, 6.45) is -1.20. The lowest BCUT2D eigenvalue weighted by Gasteiger charge is -2.17. The van der Waals surface area contributed by atoms with Gasteiger partial charge in [-0.25, -0.2) is 4.79 Å². The van der Waals surface area contributed by atoms with Crippen LogP contribution in [0.4, 0.5) is 0 Å². The quantitative estimate of drug-likeness (QED) is 0.728. The summed E-state index contributed by atoms with van der Waals surface area (Å²) in [4.78, 5) is 22.4. The number of aryl methyl sites for hydroxylation is 1. The summed E-state index contributed by atoms with van der Waals surface area (Å²) in [7, 11) is 0. The highest BCUT2D eigenvalue weighted by molar-refractivity contribution is 6.30. The molecule has 0 aliphatic heterocycles. The molecular formula is C13H16ClNO5. The summed E-state index contributed by atoms with van der Waals surface area (Å²) in [6, 6.07) is 3.56. The van der Waals surface area contributed by atoms with Gasteiger partial charge in [-0.15, -0.1) is 0 Å². The number of hydrogen-bond acceptors (Lipinski definition) is 4. The molecule has 0 heterocycles. The number of carboxylic acids is 1. The van der Waals surface area contributed by atoms with Gasteiger partial charge in [-0.1, -0.05) is 11.6 Å². The fraction of sp³-hybridized carbons (Fsp3) is 0.385. The van der Waals surface area contributed by atoms with Crippen LogP contribution >= 0.6 is 11.6 Å². The maximum Gasteiger partial charge on any atom is 0.328 e. The fourth-order valence-electron chi connectivity index (χ4n) is 1.52. The molecule has 0 saturated carbocycles. The highest BCUT2D eigenvalue weighted by Crippen LogP contribution is 2.21. The van der Waals surface area contributed by atoms with Gasteiger partial charge in [-0.2, -0.15) is 0 Å². The van der Waals surface area contributed by atoms with Crippen molar-refractivity contribution in [2.75, 3.05) is 6.61 Å². The highest BCUT2D eigenvalue weighted by Gasteiger charge is 2.25. The molecule has 20 heavy (non-hydrogen) atoms. The van der Waals surface area contributed by atoms with Gasteiger partial charge in [0.1, 0.15) is 5.75 Å². The Morgan fingerprint density at radius 1 is 1.45 bits per heavy atom. The molecule has 0 spiro atoms. The second-order valence-electron chi connectivity index (χ2n) is 4.32. The number of hydrogen-bond donors (Lipinski definition) is 3. The van der Waals surface area contributed by atoms with Gasteiger partial charge in [-0.05, 0) is 37.6 Å². The zero-order chi connectivity index (χ0) is 15.3. The van der Waals surface area contributed by atoms with Crippen LogP contribution in [0.5, 0.6) is 5.75 Å². The Hall–Kier alpha value is -1.79. The number of carbonyl (C=O) groups is 2. The number of carboxylic acid groups (broad SMARTS) is 1. The summed E-state index contributed by atoms with van der Waals surface area (Å²) in [6.45, 7) is 2.71. The van der Waals surface area contributed by atoms with Gasteiger partial charge in [0.15, 0.2) is 12.6 Å². The smallest absolute Gasteiger partial charge is 0.328 e. The zero-order valence-corrected chi connectivity index (χ0v) is 11.8. The minimum atomic E-state index is -1.36. The van der Waals surface area contributed by atoms with Gasteiger partial charge in [0.2, 0.25) is 0 Å². The number of nitrogens with one attached hydrogen (secondary N) is 1. The number of aliphatic carboxylic acids is 1. The maximum absolute atomic E-state index is 11.6. The Balaban J connectivity index is 2.57. The summed E-state index contributed by atoms with van der Waals surface area (Å²) >= 11 is 5.79. The van der Waals surface area contributed by atoms with E-state index in [4.69, 9.17) is 21.4 Å². The zero-order valence-electron chi connectivity index (χ0n) is 11.1. The standard InChI is InChI=1S/C13H16ClNO5/c1-7-5-9(14)3-4-10(7)20-6-11(17)15-12(8(2)16)13(18)19/h3-5,8,12,16H,6H2,1-2H3,(H,15,17)(H,18,19)/t8-,12+/m1/s1. The van der Waals surface area contributed by atoms with Crippen molar-refractivity contribution >= 4 is 23.5 Å². The predicted molar refractivity (Wildman–Crippen MR) is 72.9 cm³/mol. The number of benzene rings is 1. The van der Waals surface area contributed by atoms with Gasteiger partial charge in [0, 0.05) is 5.02 Å². The Morgan fingerprint density at radius 2 is 2.10 bits per heavy atom. The fourth-order valence-corrected chi connectivity index (χ4v) is 1.75. The SMILES string of the molecule is Cc1cc(Cl)ccc1OCC(=O)N[C@H](C(=O)O)[C@@H](C)O. The molecule has 2 atom stereocenters. The topological polar surface area (TPSA) is 95.9 Å². The van der Waals surface area contributed by atoms with Crippen LogP contribution in [0.1, 0.15) is 12.5 Å². The molecule has 0 radical (unpaired) electrons. The average Bonchev–Trinajstić information content (AvgIpc) is 2.34. The van der Waals surface area contributed by atoms with Crippen molar-refractivity contribution < 1.29 is 24.5 Å². The van der Waals surface area contributed by atoms with Crippen molar-refractivity contribution in [1.82, 2.24) is 5.32 Å². The predicted octanol–water partition coefficient (Wildman–Crippen LogP) is 0.977. The van der Waals surface area contributed by atoms with Crippen LogP contribution in [0, 0.1) is 6.92 Å². The first-order chi connectivity index (χ1) is 9.31. The average molecular weight is 302 g/mol. The first-order valence-electron chi connectivity index (χ1n) is 5.90. The lowest BCUT2D eigenvalue weighted by Crippen LogP contribution is -2.49. The molecule has 0 bridgehead atoms. The Labute approximate surface area is 121 Å². The molecule has 0 aromatic heterocycles. The van der Waals surface area contributed by atoms with Crippen molar-refractivity contribution in [3.05, 3.63) is 28.8 Å². The van der Waals surface area contributed by atoms with E-state index in [2.05, 4.69) is 5.32 Å². The van der Waals surface area contributed by atoms with Gasteiger partial charge >= 0.3 is 5.97 Å². The minimum Gasteiger partial charge on any atom is -0.484 e. The third kappa shape index (κ3) is 4.71. The largest absolute Gasteiger partial charge is 0.484 e. The molecule has 0 fully saturated rings. The Bertz CT molecular complexity index is 504. The lowest BCUT2D eigenvalue weighted by molar-refractivity contribution is -0.145. The van der Waals surface area contributed by atoms with E-state index in [-0.39, 0.29) is 6.61 Å². The van der Waals surface area contributed by atoms with E-state index in [9.17, 15) is 14.7 Å². The summed E-state index contributed by atoms with van der Waals surface area (Å²) < 4.78 is 5.27. The number of rotatable bonds is 6. The van der Waals surface area contributed by atoms with Gasteiger partial charge < -0.3 is 20.3 Å². The van der Waals surface area contributed by atoms with E-state index in [0.29, 0.717) is 10.8 Å². The summed E-state index contributed by atoms with van der Waals surface area (Å²) in [5.74, 6) is -1.46.